The monoisotopic (exact) mass is 350 g/mol. The zero-order valence-corrected chi connectivity index (χ0v) is 14.7. The van der Waals surface area contributed by atoms with Gasteiger partial charge < -0.3 is 14.6 Å². The van der Waals surface area contributed by atoms with Crippen molar-refractivity contribution in [1.29, 1.82) is 0 Å². The summed E-state index contributed by atoms with van der Waals surface area (Å²) in [5.41, 5.74) is 1.60. The molecule has 0 saturated heterocycles. The van der Waals surface area contributed by atoms with Gasteiger partial charge in [-0.1, -0.05) is 0 Å². The molecule has 0 aliphatic heterocycles. The zero-order chi connectivity index (χ0) is 18.8. The van der Waals surface area contributed by atoms with E-state index in [1.54, 1.807) is 30.3 Å². The van der Waals surface area contributed by atoms with Gasteiger partial charge >= 0.3 is 5.63 Å². The van der Waals surface area contributed by atoms with Crippen molar-refractivity contribution >= 4 is 34.0 Å². The van der Waals surface area contributed by atoms with E-state index in [-0.39, 0.29) is 11.3 Å². The number of amides is 1. The van der Waals surface area contributed by atoms with E-state index < -0.39 is 11.5 Å². The average Bonchev–Trinajstić information content (AvgIpc) is 2.61. The van der Waals surface area contributed by atoms with Crippen LogP contribution in [0.2, 0.25) is 0 Å². The molecule has 2 aromatic carbocycles. The summed E-state index contributed by atoms with van der Waals surface area (Å²) in [5.74, 6) is -0.624. The van der Waals surface area contributed by atoms with Crippen molar-refractivity contribution in [1.82, 2.24) is 0 Å². The van der Waals surface area contributed by atoms with Crippen molar-refractivity contribution in [3.8, 4) is 0 Å². The minimum absolute atomic E-state index is 0.0604. The molecule has 0 unspecified atom stereocenters. The Labute approximate surface area is 150 Å². The van der Waals surface area contributed by atoms with Crippen LogP contribution in [-0.2, 0) is 0 Å². The number of ketones is 1. The second-order valence-electron chi connectivity index (χ2n) is 6.15. The molecule has 6 heteroatoms. The van der Waals surface area contributed by atoms with Crippen LogP contribution in [0, 0.1) is 0 Å². The molecule has 0 spiro atoms. The van der Waals surface area contributed by atoms with Crippen molar-refractivity contribution in [2.75, 3.05) is 24.3 Å². The summed E-state index contributed by atoms with van der Waals surface area (Å²) in [6.45, 7) is 1.47. The second-order valence-corrected chi connectivity index (χ2v) is 6.15. The molecule has 0 atom stereocenters. The van der Waals surface area contributed by atoms with Crippen molar-refractivity contribution in [3.05, 3.63) is 70.1 Å². The highest BCUT2D eigenvalue weighted by atomic mass is 16.4. The van der Waals surface area contributed by atoms with Crippen LogP contribution in [0.15, 0.2) is 57.7 Å². The number of nitrogens with one attached hydrogen (secondary N) is 1. The van der Waals surface area contributed by atoms with Gasteiger partial charge in [-0.3, -0.25) is 9.59 Å². The van der Waals surface area contributed by atoms with Crippen molar-refractivity contribution in [2.24, 2.45) is 0 Å². The summed E-state index contributed by atoms with van der Waals surface area (Å²) in [4.78, 5) is 37.8. The van der Waals surface area contributed by atoms with Gasteiger partial charge in [-0.15, -0.1) is 0 Å². The van der Waals surface area contributed by atoms with E-state index in [4.69, 9.17) is 4.42 Å². The lowest BCUT2D eigenvalue weighted by Gasteiger charge is -2.12. The molecule has 1 aromatic heterocycles. The lowest BCUT2D eigenvalue weighted by molar-refractivity contribution is 0.101. The molecule has 1 amide bonds. The molecule has 3 rings (SSSR count). The topological polar surface area (TPSA) is 79.6 Å². The van der Waals surface area contributed by atoms with Gasteiger partial charge in [0.05, 0.1) is 0 Å². The summed E-state index contributed by atoms with van der Waals surface area (Å²) in [6.07, 6.45) is 0. The molecule has 6 nitrogen and oxygen atoms in total. The van der Waals surface area contributed by atoms with E-state index in [9.17, 15) is 14.4 Å². The minimum Gasteiger partial charge on any atom is -0.422 e. The molecule has 1 N–H and O–H groups in total. The van der Waals surface area contributed by atoms with E-state index in [0.29, 0.717) is 22.2 Å². The number of hydrogen-bond acceptors (Lipinski definition) is 5. The standard InChI is InChI=1S/C20H18N2O4/c1-12(23)13-4-6-15(7-5-13)21-19(24)17-11-14-10-16(22(2)3)8-9-18(14)26-20(17)25/h4-11H,1-3H3,(H,21,24). The van der Waals surface area contributed by atoms with Crippen LogP contribution in [-0.4, -0.2) is 25.8 Å². The minimum atomic E-state index is -0.701. The highest BCUT2D eigenvalue weighted by Crippen LogP contribution is 2.21. The predicted molar refractivity (Wildman–Crippen MR) is 101 cm³/mol. The number of nitrogens with zero attached hydrogens (tertiary/aromatic N) is 1. The molecule has 0 radical (unpaired) electrons. The Morgan fingerprint density at radius 3 is 2.31 bits per heavy atom. The van der Waals surface area contributed by atoms with Crippen LogP contribution in [0.25, 0.3) is 11.0 Å². The molecule has 26 heavy (non-hydrogen) atoms. The third kappa shape index (κ3) is 3.49. The quantitative estimate of drug-likeness (QED) is 0.577. The Morgan fingerprint density at radius 1 is 1.00 bits per heavy atom. The predicted octanol–water partition coefficient (Wildman–Crippen LogP) is 3.31. The molecule has 3 aromatic rings. The lowest BCUT2D eigenvalue weighted by Crippen LogP contribution is -2.20. The van der Waals surface area contributed by atoms with Crippen LogP contribution in [0.1, 0.15) is 27.6 Å². The van der Waals surface area contributed by atoms with Gasteiger partial charge in [-0.05, 0) is 55.5 Å². The third-order valence-corrected chi connectivity index (χ3v) is 4.03. The largest absolute Gasteiger partial charge is 0.422 e. The van der Waals surface area contributed by atoms with Crippen molar-refractivity contribution < 1.29 is 14.0 Å². The molecule has 0 bridgehead atoms. The molecule has 1 heterocycles. The first-order valence-electron chi connectivity index (χ1n) is 8.03. The summed E-state index contributed by atoms with van der Waals surface area (Å²) in [5, 5.41) is 3.31. The summed E-state index contributed by atoms with van der Waals surface area (Å²) < 4.78 is 5.26. The van der Waals surface area contributed by atoms with Gasteiger partial charge in [-0.25, -0.2) is 4.79 Å². The molecule has 132 valence electrons. The summed E-state index contributed by atoms with van der Waals surface area (Å²) in [6, 6.07) is 13.4. The number of benzene rings is 2. The Morgan fingerprint density at radius 2 is 1.69 bits per heavy atom. The molecular weight excluding hydrogens is 332 g/mol. The Balaban J connectivity index is 1.92. The van der Waals surface area contributed by atoms with E-state index in [0.717, 1.165) is 5.69 Å². The maximum atomic E-state index is 12.5. The highest BCUT2D eigenvalue weighted by Gasteiger charge is 2.14. The van der Waals surface area contributed by atoms with Crippen molar-refractivity contribution in [2.45, 2.75) is 6.92 Å². The van der Waals surface area contributed by atoms with Gasteiger partial charge in [0.1, 0.15) is 11.1 Å². The normalized spacial score (nSPS) is 10.6. The first kappa shape index (κ1) is 17.4. The van der Waals surface area contributed by atoms with Gasteiger partial charge in [0.15, 0.2) is 5.78 Å². The van der Waals surface area contributed by atoms with Crippen LogP contribution in [0.5, 0.6) is 0 Å². The number of carbonyl (C=O) groups is 2. The van der Waals surface area contributed by atoms with Gasteiger partial charge in [0.2, 0.25) is 0 Å². The van der Waals surface area contributed by atoms with Gasteiger partial charge in [0, 0.05) is 36.4 Å². The first-order valence-corrected chi connectivity index (χ1v) is 8.03. The summed E-state index contributed by atoms with van der Waals surface area (Å²) >= 11 is 0. The number of carbonyl (C=O) groups excluding carboxylic acids is 2. The third-order valence-electron chi connectivity index (χ3n) is 4.03. The second kappa shape index (κ2) is 6.84. The molecule has 0 aliphatic rings. The fraction of sp³-hybridized carbons (Fsp3) is 0.150. The van der Waals surface area contributed by atoms with Crippen LogP contribution < -0.4 is 15.8 Å². The molecule has 0 aliphatic carbocycles. The van der Waals surface area contributed by atoms with Gasteiger partial charge in [0.25, 0.3) is 5.91 Å². The molecule has 0 fully saturated rings. The Hall–Kier alpha value is -3.41. The maximum Gasteiger partial charge on any atom is 0.349 e. The van der Waals surface area contributed by atoms with E-state index in [1.807, 2.05) is 31.1 Å². The van der Waals surface area contributed by atoms with Crippen LogP contribution >= 0.6 is 0 Å². The van der Waals surface area contributed by atoms with Crippen LogP contribution in [0.4, 0.5) is 11.4 Å². The van der Waals surface area contributed by atoms with E-state index in [2.05, 4.69) is 5.32 Å². The fourth-order valence-electron chi connectivity index (χ4n) is 2.53. The van der Waals surface area contributed by atoms with Crippen LogP contribution in [0.3, 0.4) is 0 Å². The number of fused-ring (bicyclic) bond motifs is 1. The maximum absolute atomic E-state index is 12.5. The SMILES string of the molecule is CC(=O)c1ccc(NC(=O)c2cc3cc(N(C)C)ccc3oc2=O)cc1. The summed E-state index contributed by atoms with van der Waals surface area (Å²) in [7, 11) is 3.80. The number of rotatable bonds is 4. The number of hydrogen-bond donors (Lipinski definition) is 1. The Bertz CT molecular complexity index is 1050. The average molecular weight is 350 g/mol. The lowest BCUT2D eigenvalue weighted by atomic mass is 10.1. The van der Waals surface area contributed by atoms with E-state index >= 15 is 0 Å². The smallest absolute Gasteiger partial charge is 0.349 e. The van der Waals surface area contributed by atoms with Crippen molar-refractivity contribution in [3.63, 3.8) is 0 Å². The number of Topliss-reactive ketones (excluding diaryl/α,β-unsaturated/α-hetero) is 1. The number of anilines is 2. The molecular formula is C20H18N2O4. The van der Waals surface area contributed by atoms with Gasteiger partial charge in [-0.2, -0.15) is 0 Å². The zero-order valence-electron chi connectivity index (χ0n) is 14.7. The Kier molecular flexibility index (Phi) is 4.58. The molecule has 0 saturated carbocycles. The van der Waals surface area contributed by atoms with E-state index in [1.165, 1.54) is 13.0 Å². The first-order chi connectivity index (χ1) is 12.3. The highest BCUT2D eigenvalue weighted by molar-refractivity contribution is 6.05. The fourth-order valence-corrected chi connectivity index (χ4v) is 2.53.